The predicted molar refractivity (Wildman–Crippen MR) is 103 cm³/mol. The molecular formula is C20H14N4O6. The summed E-state index contributed by atoms with van der Waals surface area (Å²) in [6.45, 7) is 1.66. The molecule has 0 saturated carbocycles. The summed E-state index contributed by atoms with van der Waals surface area (Å²) in [6.07, 6.45) is 2.82. The van der Waals surface area contributed by atoms with Crippen molar-refractivity contribution >= 4 is 23.3 Å². The number of rotatable bonds is 5. The second-order valence-electron chi connectivity index (χ2n) is 6.48. The lowest BCUT2D eigenvalue weighted by Crippen LogP contribution is -2.32. The molecule has 3 aromatic rings. The number of anilines is 1. The van der Waals surface area contributed by atoms with Crippen molar-refractivity contribution in [2.45, 2.75) is 13.0 Å². The number of non-ortho nitro benzene ring substituents is 1. The molecule has 0 bridgehead atoms. The number of hydrogen-bond acceptors (Lipinski definition) is 8. The highest BCUT2D eigenvalue weighted by molar-refractivity contribution is 6.19. The zero-order valence-electron chi connectivity index (χ0n) is 15.6. The highest BCUT2D eigenvalue weighted by Crippen LogP contribution is 2.41. The minimum atomic E-state index is -1.10. The number of ketones is 1. The summed E-state index contributed by atoms with van der Waals surface area (Å²) in [4.78, 5) is 45.6. The van der Waals surface area contributed by atoms with Crippen LogP contribution in [0.2, 0.25) is 0 Å². The van der Waals surface area contributed by atoms with Crippen LogP contribution in [-0.2, 0) is 4.79 Å². The van der Waals surface area contributed by atoms with Gasteiger partial charge in [0, 0.05) is 24.5 Å². The van der Waals surface area contributed by atoms with E-state index in [0.29, 0.717) is 11.3 Å². The topological polar surface area (TPSA) is 140 Å². The van der Waals surface area contributed by atoms with Crippen LogP contribution in [0.25, 0.3) is 0 Å². The number of benzene rings is 1. The maximum absolute atomic E-state index is 13.1. The normalized spacial score (nSPS) is 16.2. The Morgan fingerprint density at radius 2 is 1.83 bits per heavy atom. The molecule has 1 aromatic carbocycles. The SMILES string of the molecule is Cc1ccc(C(=O)C2=C(O)C(=O)N(c3ncccn3)C2c2ccc([N+](=O)[O-])cc2)o1. The fraction of sp³-hybridized carbons (Fsp3) is 0.100. The number of nitrogens with zero attached hydrogens (tertiary/aromatic N) is 4. The molecule has 1 unspecified atom stereocenters. The van der Waals surface area contributed by atoms with E-state index in [2.05, 4.69) is 9.97 Å². The Balaban J connectivity index is 1.86. The monoisotopic (exact) mass is 406 g/mol. The number of aryl methyl sites for hydroxylation is 1. The second-order valence-corrected chi connectivity index (χ2v) is 6.48. The lowest BCUT2D eigenvalue weighted by Gasteiger charge is -2.24. The molecule has 1 N–H and O–H groups in total. The summed E-state index contributed by atoms with van der Waals surface area (Å²) >= 11 is 0. The summed E-state index contributed by atoms with van der Waals surface area (Å²) in [5.41, 5.74) is -0.0268. The Morgan fingerprint density at radius 3 is 2.40 bits per heavy atom. The summed E-state index contributed by atoms with van der Waals surface area (Å²) in [6, 6.07) is 8.79. The number of aliphatic hydroxyl groups excluding tert-OH is 1. The quantitative estimate of drug-likeness (QED) is 0.387. The zero-order chi connectivity index (χ0) is 21.4. The van der Waals surface area contributed by atoms with Crippen LogP contribution < -0.4 is 4.90 Å². The molecule has 0 radical (unpaired) electrons. The van der Waals surface area contributed by atoms with Crippen molar-refractivity contribution in [1.82, 2.24) is 9.97 Å². The Bertz CT molecular complexity index is 1180. The van der Waals surface area contributed by atoms with Gasteiger partial charge >= 0.3 is 0 Å². The summed E-state index contributed by atoms with van der Waals surface area (Å²) < 4.78 is 5.37. The fourth-order valence-electron chi connectivity index (χ4n) is 3.24. The van der Waals surface area contributed by atoms with Gasteiger partial charge < -0.3 is 9.52 Å². The molecule has 0 aliphatic carbocycles. The highest BCUT2D eigenvalue weighted by atomic mass is 16.6. The number of Topliss-reactive ketones (excluding diaryl/α,β-unsaturated/α-hetero) is 1. The van der Waals surface area contributed by atoms with Crippen LogP contribution in [0.3, 0.4) is 0 Å². The molecule has 1 atom stereocenters. The summed E-state index contributed by atoms with van der Waals surface area (Å²) in [7, 11) is 0. The number of aromatic nitrogens is 2. The van der Waals surface area contributed by atoms with Crippen molar-refractivity contribution in [3.8, 4) is 0 Å². The predicted octanol–water partition coefficient (Wildman–Crippen LogP) is 3.07. The van der Waals surface area contributed by atoms with Gasteiger partial charge in [-0.3, -0.25) is 24.6 Å². The average molecular weight is 406 g/mol. The van der Waals surface area contributed by atoms with Gasteiger partial charge in [0.2, 0.25) is 11.7 Å². The van der Waals surface area contributed by atoms with E-state index in [-0.39, 0.29) is 23.0 Å². The van der Waals surface area contributed by atoms with Crippen LogP contribution >= 0.6 is 0 Å². The fourth-order valence-corrected chi connectivity index (χ4v) is 3.24. The lowest BCUT2D eigenvalue weighted by molar-refractivity contribution is -0.384. The molecule has 0 spiro atoms. The van der Waals surface area contributed by atoms with Gasteiger partial charge in [-0.05, 0) is 42.8 Å². The van der Waals surface area contributed by atoms with Crippen LogP contribution in [-0.4, -0.2) is 31.7 Å². The van der Waals surface area contributed by atoms with Crippen molar-refractivity contribution in [2.24, 2.45) is 0 Å². The number of aliphatic hydroxyl groups is 1. The van der Waals surface area contributed by atoms with Crippen molar-refractivity contribution in [2.75, 3.05) is 4.90 Å². The molecule has 4 rings (SSSR count). The second kappa shape index (κ2) is 7.24. The van der Waals surface area contributed by atoms with E-state index < -0.39 is 28.4 Å². The van der Waals surface area contributed by atoms with Gasteiger partial charge in [0.05, 0.1) is 16.5 Å². The van der Waals surface area contributed by atoms with Crippen molar-refractivity contribution in [3.63, 3.8) is 0 Å². The summed E-state index contributed by atoms with van der Waals surface area (Å²) in [5, 5.41) is 21.6. The Morgan fingerprint density at radius 1 is 1.17 bits per heavy atom. The molecule has 150 valence electrons. The van der Waals surface area contributed by atoms with Gasteiger partial charge in [0.15, 0.2) is 11.5 Å². The minimum Gasteiger partial charge on any atom is -0.503 e. The number of hydrogen-bond donors (Lipinski definition) is 1. The van der Waals surface area contributed by atoms with Gasteiger partial charge in [-0.1, -0.05) is 0 Å². The van der Waals surface area contributed by atoms with Gasteiger partial charge in [0.1, 0.15) is 5.76 Å². The van der Waals surface area contributed by atoms with Crippen LogP contribution in [0.1, 0.15) is 27.9 Å². The molecular weight excluding hydrogens is 392 g/mol. The van der Waals surface area contributed by atoms with E-state index in [9.17, 15) is 24.8 Å². The van der Waals surface area contributed by atoms with Crippen molar-refractivity contribution in [1.29, 1.82) is 0 Å². The molecule has 1 aliphatic rings. The molecule has 1 aliphatic heterocycles. The van der Waals surface area contributed by atoms with Crippen molar-refractivity contribution < 1.29 is 24.0 Å². The van der Waals surface area contributed by atoms with Crippen LogP contribution in [0.15, 0.2) is 70.6 Å². The van der Waals surface area contributed by atoms with Gasteiger partial charge in [0.25, 0.3) is 11.6 Å². The number of carbonyl (C=O) groups excluding carboxylic acids is 2. The third-order valence-corrected chi connectivity index (χ3v) is 4.60. The maximum Gasteiger partial charge on any atom is 0.296 e. The largest absolute Gasteiger partial charge is 0.503 e. The van der Waals surface area contributed by atoms with E-state index in [1.165, 1.54) is 42.7 Å². The van der Waals surface area contributed by atoms with E-state index in [4.69, 9.17) is 4.42 Å². The first kappa shape index (κ1) is 19.0. The van der Waals surface area contributed by atoms with Gasteiger partial charge in [-0.2, -0.15) is 0 Å². The maximum atomic E-state index is 13.1. The first-order chi connectivity index (χ1) is 14.4. The number of nitro groups is 1. The molecule has 0 saturated heterocycles. The summed E-state index contributed by atoms with van der Waals surface area (Å²) in [5.74, 6) is -1.91. The molecule has 30 heavy (non-hydrogen) atoms. The smallest absolute Gasteiger partial charge is 0.296 e. The van der Waals surface area contributed by atoms with Crippen molar-refractivity contribution in [3.05, 3.63) is 93.4 Å². The standard InChI is InChI=1S/C20H14N4O6/c1-11-3-8-14(30-11)17(25)15-16(12-4-6-13(7-5-12)24(28)29)23(19(27)18(15)26)20-21-9-2-10-22-20/h2-10,16,26H,1H3. The Kier molecular flexibility index (Phi) is 4.59. The van der Waals surface area contributed by atoms with Gasteiger partial charge in [-0.25, -0.2) is 9.97 Å². The molecule has 10 nitrogen and oxygen atoms in total. The molecule has 10 heteroatoms. The number of amides is 1. The van der Waals surface area contributed by atoms with E-state index in [1.54, 1.807) is 19.1 Å². The molecule has 1 amide bonds. The lowest BCUT2D eigenvalue weighted by atomic mass is 9.95. The van der Waals surface area contributed by atoms with Crippen LogP contribution in [0, 0.1) is 17.0 Å². The van der Waals surface area contributed by atoms with Crippen LogP contribution in [0.4, 0.5) is 11.6 Å². The number of furan rings is 1. The van der Waals surface area contributed by atoms with E-state index >= 15 is 0 Å². The first-order valence-electron chi connectivity index (χ1n) is 8.77. The number of carbonyl (C=O) groups is 2. The Hall–Kier alpha value is -4.34. The third-order valence-electron chi connectivity index (χ3n) is 4.60. The van der Waals surface area contributed by atoms with Crippen LogP contribution in [0.5, 0.6) is 0 Å². The highest BCUT2D eigenvalue weighted by Gasteiger charge is 2.46. The molecule has 3 heterocycles. The molecule has 2 aromatic heterocycles. The van der Waals surface area contributed by atoms with Gasteiger partial charge in [-0.15, -0.1) is 0 Å². The Labute approximate surface area is 169 Å². The first-order valence-corrected chi connectivity index (χ1v) is 8.77. The van der Waals surface area contributed by atoms with E-state index in [0.717, 1.165) is 4.90 Å². The van der Waals surface area contributed by atoms with E-state index in [1.807, 2.05) is 0 Å². The molecule has 0 fully saturated rings. The zero-order valence-corrected chi connectivity index (χ0v) is 15.6. The minimum absolute atomic E-state index is 0.0316. The third kappa shape index (κ3) is 3.09. The number of nitro benzene ring substituents is 1. The average Bonchev–Trinajstić information content (AvgIpc) is 3.30.